The first kappa shape index (κ1) is 45.2. The zero-order chi connectivity index (χ0) is 43.8. The van der Waals surface area contributed by atoms with Crippen molar-refractivity contribution in [2.45, 2.75) is 81.1 Å². The monoisotopic (exact) mass is 1000 g/mol. The van der Waals surface area contributed by atoms with Crippen molar-refractivity contribution in [1.29, 1.82) is 0 Å². The van der Waals surface area contributed by atoms with E-state index >= 15 is 0 Å². The molecule has 63 heavy (non-hydrogen) atoms. The number of phenols is 1. The smallest absolute Gasteiger partial charge is 0.242 e. The molecule has 1 N–H and O–H groups in total. The van der Waals surface area contributed by atoms with E-state index in [2.05, 4.69) is 191 Å². The Labute approximate surface area is 390 Å². The normalized spacial score (nSPS) is 11.2. The van der Waals surface area contributed by atoms with E-state index in [0.717, 1.165) is 44.7 Å². The Bertz CT molecular complexity index is 2820. The predicted octanol–water partition coefficient (Wildman–Crippen LogP) is 12.9. The summed E-state index contributed by atoms with van der Waals surface area (Å²) >= 11 is 0. The van der Waals surface area contributed by atoms with Crippen LogP contribution in [0.2, 0.25) is 0 Å². The summed E-state index contributed by atoms with van der Waals surface area (Å²) < 4.78 is 0. The van der Waals surface area contributed by atoms with Crippen molar-refractivity contribution in [3.8, 4) is 61.8 Å². The Hall–Kier alpha value is -5.83. The Morgan fingerprint density at radius 2 is 1.03 bits per heavy atom. The van der Waals surface area contributed by atoms with Crippen LogP contribution in [0, 0.1) is 47.6 Å². The van der Waals surface area contributed by atoms with Gasteiger partial charge in [-0.1, -0.05) is 180 Å². The maximum atomic E-state index is 12.3. The van der Waals surface area contributed by atoms with Gasteiger partial charge >= 0.3 is 0 Å². The van der Waals surface area contributed by atoms with Crippen molar-refractivity contribution in [2.24, 2.45) is 0 Å². The molecule has 0 atom stereocenters. The van der Waals surface area contributed by atoms with Gasteiger partial charge in [0.25, 0.3) is 0 Å². The zero-order valence-corrected chi connectivity index (χ0v) is 40.4. The van der Waals surface area contributed by atoms with Gasteiger partial charge in [-0.2, -0.15) is 0 Å². The number of hydrogen-bond donors (Lipinski definition) is 1. The van der Waals surface area contributed by atoms with Gasteiger partial charge in [-0.3, -0.25) is 9.97 Å². The second-order valence-corrected chi connectivity index (χ2v) is 17.9. The van der Waals surface area contributed by atoms with E-state index in [9.17, 15) is 5.11 Å². The van der Waals surface area contributed by atoms with Gasteiger partial charge in [0.15, 0.2) is 0 Å². The Morgan fingerprint density at radius 1 is 0.508 bits per heavy atom. The minimum absolute atomic E-state index is 0. The maximum absolute atomic E-state index is 12.3. The first-order valence-electron chi connectivity index (χ1n) is 22.0. The van der Waals surface area contributed by atoms with Crippen molar-refractivity contribution in [1.82, 2.24) is 9.97 Å². The summed E-state index contributed by atoms with van der Waals surface area (Å²) in [6, 6.07) is 50.9. The van der Waals surface area contributed by atoms with Crippen molar-refractivity contribution in [3.05, 3.63) is 190 Å². The summed E-state index contributed by atoms with van der Waals surface area (Å²) in [5.41, 5.74) is 23.0. The summed E-state index contributed by atoms with van der Waals surface area (Å²) in [5.74, 6) is 0.802. The van der Waals surface area contributed by atoms with E-state index in [0.29, 0.717) is 23.1 Å². The average Bonchev–Trinajstić information content (AvgIpc) is 3.25. The molecule has 0 unspecified atom stereocenters. The minimum atomic E-state index is -0.0659. The van der Waals surface area contributed by atoms with Gasteiger partial charge in [0.1, 0.15) is 5.75 Å². The second-order valence-electron chi connectivity index (χ2n) is 17.9. The molecule has 0 saturated heterocycles. The fourth-order valence-corrected chi connectivity index (χ4v) is 9.71. The van der Waals surface area contributed by atoms with Gasteiger partial charge in [0.2, 0.25) is 6.71 Å². The topological polar surface area (TPSA) is 46.0 Å². The number of aromatic hydroxyl groups is 1. The molecule has 6 aromatic carbocycles. The molecular formula is C58H56BN2OPt-. The third-order valence-corrected chi connectivity index (χ3v) is 12.4. The third-order valence-electron chi connectivity index (χ3n) is 12.4. The van der Waals surface area contributed by atoms with E-state index in [4.69, 9.17) is 9.97 Å². The maximum Gasteiger partial charge on any atom is 0.242 e. The molecule has 0 aliphatic carbocycles. The molecule has 8 aromatic rings. The zero-order valence-electron chi connectivity index (χ0n) is 38.2. The summed E-state index contributed by atoms with van der Waals surface area (Å²) in [5, 5.41) is 12.3. The molecule has 0 aliphatic rings. The van der Waals surface area contributed by atoms with Crippen LogP contribution >= 0.6 is 0 Å². The van der Waals surface area contributed by atoms with Crippen LogP contribution in [-0.4, -0.2) is 21.8 Å². The average molecular weight is 1000 g/mol. The molecule has 0 radical (unpaired) electrons. The summed E-state index contributed by atoms with van der Waals surface area (Å²) in [7, 11) is 0. The van der Waals surface area contributed by atoms with E-state index in [-0.39, 0.29) is 33.5 Å². The first-order chi connectivity index (χ1) is 29.8. The standard InChI is InChI=1S/C58H56BN2O.Pt/c1-35(2)49-20-15-21-50(36(3)4)56(49)47-32-53(46-19-14-18-45(30-46)52-31-44(24-25-60-52)43-16-12-11-13-17-43)61-54(33-47)51-23-22-48(34-55(51)62)59(57-39(7)26-37(5)27-40(57)8)58-41(9)28-38(6)29-42(58)10;/h11-29,31-36,62H,1-10H3;/q-1;. The van der Waals surface area contributed by atoms with Crippen LogP contribution in [0.15, 0.2) is 140 Å². The van der Waals surface area contributed by atoms with Gasteiger partial charge in [-0.05, 0) is 111 Å². The molecule has 2 aromatic heterocycles. The number of pyridine rings is 2. The van der Waals surface area contributed by atoms with E-state index in [1.807, 2.05) is 24.4 Å². The molecule has 0 saturated carbocycles. The second kappa shape index (κ2) is 18.9. The predicted molar refractivity (Wildman–Crippen MR) is 264 cm³/mol. The molecule has 5 heteroatoms. The molecule has 3 nitrogen and oxygen atoms in total. The summed E-state index contributed by atoms with van der Waals surface area (Å²) in [6.45, 7) is 22.2. The van der Waals surface area contributed by atoms with Gasteiger partial charge < -0.3 is 5.11 Å². The van der Waals surface area contributed by atoms with Crippen LogP contribution in [0.1, 0.15) is 84.0 Å². The minimum Gasteiger partial charge on any atom is -0.507 e. The van der Waals surface area contributed by atoms with E-state index < -0.39 is 0 Å². The van der Waals surface area contributed by atoms with Crippen LogP contribution in [0.25, 0.3) is 56.0 Å². The molecule has 0 spiro atoms. The van der Waals surface area contributed by atoms with Crippen molar-refractivity contribution >= 4 is 23.1 Å². The van der Waals surface area contributed by atoms with Crippen LogP contribution in [0.5, 0.6) is 5.75 Å². The van der Waals surface area contributed by atoms with Crippen LogP contribution in [0.4, 0.5) is 0 Å². The van der Waals surface area contributed by atoms with Gasteiger partial charge in [0, 0.05) is 44.2 Å². The number of rotatable bonds is 10. The van der Waals surface area contributed by atoms with E-state index in [1.54, 1.807) is 0 Å². The van der Waals surface area contributed by atoms with Gasteiger partial charge in [-0.15, -0.1) is 24.3 Å². The number of aromatic nitrogens is 2. The first-order valence-corrected chi connectivity index (χ1v) is 22.0. The Morgan fingerprint density at radius 3 is 1.59 bits per heavy atom. The summed E-state index contributed by atoms with van der Waals surface area (Å²) in [4.78, 5) is 10.1. The largest absolute Gasteiger partial charge is 0.507 e. The molecule has 318 valence electrons. The van der Waals surface area contributed by atoms with Crippen LogP contribution in [0.3, 0.4) is 0 Å². The van der Waals surface area contributed by atoms with Crippen LogP contribution < -0.4 is 16.4 Å². The quantitative estimate of drug-likeness (QED) is 0.110. The molecule has 2 heterocycles. The third kappa shape index (κ3) is 9.30. The SMILES string of the molecule is Cc1cc(C)c(B(c2ccc(-c3cc(-c4c(C(C)C)cccc4C(C)C)cc(-c4[c-]c(-c5cc(-c6ccccc6)ccn5)ccc4)n3)c(O)c2)c2c(C)cc(C)cc2C)c(C)c1.[Pt]. The van der Waals surface area contributed by atoms with Crippen LogP contribution in [-0.2, 0) is 21.1 Å². The molecular weight excluding hydrogens is 947 g/mol. The Kier molecular flexibility index (Phi) is 13.5. The fraction of sp³-hybridized carbons (Fsp3) is 0.207. The number of benzene rings is 6. The van der Waals surface area contributed by atoms with Crippen molar-refractivity contribution < 1.29 is 26.2 Å². The molecule has 0 amide bonds. The summed E-state index contributed by atoms with van der Waals surface area (Å²) in [6.07, 6.45) is 1.87. The fourth-order valence-electron chi connectivity index (χ4n) is 9.71. The van der Waals surface area contributed by atoms with E-state index in [1.165, 1.54) is 61.0 Å². The number of phenolic OH excluding ortho intramolecular Hbond substituents is 1. The van der Waals surface area contributed by atoms with Crippen molar-refractivity contribution in [2.75, 3.05) is 0 Å². The van der Waals surface area contributed by atoms with Gasteiger partial charge in [0.05, 0.1) is 5.69 Å². The van der Waals surface area contributed by atoms with Crippen molar-refractivity contribution in [3.63, 3.8) is 0 Å². The molecule has 0 aliphatic heterocycles. The number of nitrogens with zero attached hydrogens (tertiary/aromatic N) is 2. The molecule has 0 bridgehead atoms. The molecule has 8 rings (SSSR count). The molecule has 0 fully saturated rings. The Balaban J connectivity index is 0.00000595. The van der Waals surface area contributed by atoms with Gasteiger partial charge in [-0.25, -0.2) is 0 Å². The number of aryl methyl sites for hydroxylation is 6. The number of hydrogen-bond acceptors (Lipinski definition) is 3.